The van der Waals surface area contributed by atoms with Crippen molar-refractivity contribution < 1.29 is 27.1 Å². The molecule has 0 bridgehead atoms. The van der Waals surface area contributed by atoms with Gasteiger partial charge in [0, 0.05) is 19.2 Å². The fourth-order valence-electron chi connectivity index (χ4n) is 2.19. The van der Waals surface area contributed by atoms with Crippen LogP contribution in [0.15, 0.2) is 23.1 Å². The molecular weight excluding hydrogens is 292 g/mol. The molecule has 0 aromatic heterocycles. The monoisotopic (exact) mass is 305 g/mol. The molecule has 1 atom stereocenters. The Hall–Kier alpha value is -1.54. The molecule has 1 aromatic carbocycles. The van der Waals surface area contributed by atoms with Crippen LogP contribution in [0.25, 0.3) is 0 Å². The summed E-state index contributed by atoms with van der Waals surface area (Å²) in [5.41, 5.74) is 0. The van der Waals surface area contributed by atoms with Crippen LogP contribution in [-0.4, -0.2) is 36.9 Å². The second kappa shape index (κ2) is 5.45. The Morgan fingerprint density at radius 2 is 1.85 bits per heavy atom. The van der Waals surface area contributed by atoms with Crippen LogP contribution in [0.2, 0.25) is 0 Å². The van der Waals surface area contributed by atoms with Gasteiger partial charge >= 0.3 is 5.97 Å². The van der Waals surface area contributed by atoms with E-state index in [0.29, 0.717) is 18.9 Å². The van der Waals surface area contributed by atoms with Crippen LogP contribution in [-0.2, 0) is 14.8 Å². The Bertz CT molecular complexity index is 612. The minimum absolute atomic E-state index is 0.143. The molecule has 1 saturated heterocycles. The third-order valence-corrected chi connectivity index (χ3v) is 5.05. The van der Waals surface area contributed by atoms with Gasteiger partial charge in [0.1, 0.15) is 11.6 Å². The number of benzene rings is 1. The van der Waals surface area contributed by atoms with Gasteiger partial charge in [0.2, 0.25) is 10.0 Å². The fraction of sp³-hybridized carbons (Fsp3) is 0.417. The Labute approximate surface area is 114 Å². The highest BCUT2D eigenvalue weighted by Crippen LogP contribution is 2.24. The number of sulfonamides is 1. The van der Waals surface area contributed by atoms with E-state index in [4.69, 9.17) is 5.11 Å². The summed E-state index contributed by atoms with van der Waals surface area (Å²) in [6, 6.07) is 2.03. The van der Waals surface area contributed by atoms with E-state index in [1.807, 2.05) is 0 Å². The number of carboxylic acid groups (broad SMARTS) is 1. The topological polar surface area (TPSA) is 74.7 Å². The van der Waals surface area contributed by atoms with Gasteiger partial charge in [-0.3, -0.25) is 4.79 Å². The first-order valence-electron chi connectivity index (χ1n) is 6.00. The largest absolute Gasteiger partial charge is 0.481 e. The molecule has 0 radical (unpaired) electrons. The number of carbonyl (C=O) groups is 1. The molecule has 1 unspecified atom stereocenters. The van der Waals surface area contributed by atoms with Crippen LogP contribution in [0, 0.1) is 17.6 Å². The lowest BCUT2D eigenvalue weighted by Gasteiger charge is -2.29. The summed E-state index contributed by atoms with van der Waals surface area (Å²) in [6.45, 7) is -0.0416. The van der Waals surface area contributed by atoms with Crippen molar-refractivity contribution in [3.05, 3.63) is 29.8 Å². The summed E-state index contributed by atoms with van der Waals surface area (Å²) < 4.78 is 51.7. The van der Waals surface area contributed by atoms with Crippen molar-refractivity contribution in [2.45, 2.75) is 17.7 Å². The van der Waals surface area contributed by atoms with Crippen molar-refractivity contribution in [2.75, 3.05) is 13.1 Å². The lowest BCUT2D eigenvalue weighted by Crippen LogP contribution is -2.42. The van der Waals surface area contributed by atoms with Gasteiger partial charge in [0.05, 0.1) is 10.8 Å². The summed E-state index contributed by atoms with van der Waals surface area (Å²) >= 11 is 0. The Morgan fingerprint density at radius 3 is 2.40 bits per heavy atom. The maximum Gasteiger partial charge on any atom is 0.307 e. The van der Waals surface area contributed by atoms with Gasteiger partial charge in [-0.25, -0.2) is 17.2 Å². The molecule has 1 aliphatic rings. The predicted octanol–water partition coefficient (Wildman–Crippen LogP) is 1.45. The average molecular weight is 305 g/mol. The molecule has 8 heteroatoms. The van der Waals surface area contributed by atoms with Gasteiger partial charge in [-0.15, -0.1) is 0 Å². The first-order chi connectivity index (χ1) is 9.30. The normalized spacial score (nSPS) is 20.8. The standard InChI is InChI=1S/C12H13F2NO4S/c13-9-4-10(14)6-11(5-9)20(18,19)15-3-1-2-8(7-15)12(16)17/h4-6,8H,1-3,7H2,(H,16,17). The van der Waals surface area contributed by atoms with Gasteiger partial charge in [-0.05, 0) is 25.0 Å². The van der Waals surface area contributed by atoms with E-state index in [0.717, 1.165) is 16.4 Å². The van der Waals surface area contributed by atoms with Crippen molar-refractivity contribution in [3.8, 4) is 0 Å². The Kier molecular flexibility index (Phi) is 4.05. The van der Waals surface area contributed by atoms with Crippen LogP contribution in [0.5, 0.6) is 0 Å². The van der Waals surface area contributed by atoms with Crippen LogP contribution in [0.3, 0.4) is 0 Å². The number of piperidine rings is 1. The zero-order valence-electron chi connectivity index (χ0n) is 10.4. The SMILES string of the molecule is O=C(O)C1CCCN(S(=O)(=O)c2cc(F)cc(F)c2)C1. The van der Waals surface area contributed by atoms with Crippen molar-refractivity contribution in [1.82, 2.24) is 4.31 Å². The second-order valence-electron chi connectivity index (χ2n) is 4.65. The highest BCUT2D eigenvalue weighted by atomic mass is 32.2. The number of hydrogen-bond donors (Lipinski definition) is 1. The van der Waals surface area contributed by atoms with E-state index in [-0.39, 0.29) is 13.1 Å². The highest BCUT2D eigenvalue weighted by molar-refractivity contribution is 7.89. The average Bonchev–Trinajstić information content (AvgIpc) is 2.37. The molecule has 1 fully saturated rings. The molecule has 110 valence electrons. The van der Waals surface area contributed by atoms with Crippen molar-refractivity contribution in [1.29, 1.82) is 0 Å². The smallest absolute Gasteiger partial charge is 0.307 e. The number of hydrogen-bond acceptors (Lipinski definition) is 3. The zero-order chi connectivity index (χ0) is 14.9. The molecule has 0 aliphatic carbocycles. The third kappa shape index (κ3) is 2.96. The van der Waals surface area contributed by atoms with E-state index in [1.165, 1.54) is 0 Å². The van der Waals surface area contributed by atoms with Crippen LogP contribution < -0.4 is 0 Å². The minimum Gasteiger partial charge on any atom is -0.481 e. The molecule has 0 amide bonds. The third-order valence-electron chi connectivity index (χ3n) is 3.21. The maximum atomic E-state index is 13.1. The van der Waals surface area contributed by atoms with E-state index in [2.05, 4.69) is 0 Å². The number of aliphatic carboxylic acids is 1. The highest BCUT2D eigenvalue weighted by Gasteiger charge is 2.33. The molecule has 20 heavy (non-hydrogen) atoms. The van der Waals surface area contributed by atoms with Crippen molar-refractivity contribution >= 4 is 16.0 Å². The fourth-order valence-corrected chi connectivity index (χ4v) is 3.76. The van der Waals surface area contributed by atoms with Crippen molar-refractivity contribution in [2.24, 2.45) is 5.92 Å². The minimum atomic E-state index is -4.08. The van der Waals surface area contributed by atoms with Crippen LogP contribution in [0.4, 0.5) is 8.78 Å². The Morgan fingerprint density at radius 1 is 1.25 bits per heavy atom. The number of halogens is 2. The van der Waals surface area contributed by atoms with Gasteiger partial charge in [0.15, 0.2) is 0 Å². The van der Waals surface area contributed by atoms with E-state index in [9.17, 15) is 22.0 Å². The first kappa shape index (κ1) is 14.9. The predicted molar refractivity (Wildman–Crippen MR) is 65.5 cm³/mol. The van der Waals surface area contributed by atoms with E-state index in [1.54, 1.807) is 0 Å². The lowest BCUT2D eigenvalue weighted by molar-refractivity contribution is -0.142. The lowest BCUT2D eigenvalue weighted by atomic mass is 10.0. The van der Waals surface area contributed by atoms with Gasteiger partial charge < -0.3 is 5.11 Å². The molecule has 2 rings (SSSR count). The first-order valence-corrected chi connectivity index (χ1v) is 7.44. The maximum absolute atomic E-state index is 13.1. The molecule has 5 nitrogen and oxygen atoms in total. The quantitative estimate of drug-likeness (QED) is 0.917. The summed E-state index contributed by atoms with van der Waals surface area (Å²) in [7, 11) is -4.08. The number of rotatable bonds is 3. The molecule has 1 aromatic rings. The number of nitrogens with zero attached hydrogens (tertiary/aromatic N) is 1. The Balaban J connectivity index is 2.32. The summed E-state index contributed by atoms with van der Waals surface area (Å²) in [4.78, 5) is 10.4. The second-order valence-corrected chi connectivity index (χ2v) is 6.58. The summed E-state index contributed by atoms with van der Waals surface area (Å²) in [5, 5.41) is 8.94. The van der Waals surface area contributed by atoms with E-state index < -0.39 is 38.4 Å². The number of carboxylic acids is 1. The molecule has 0 saturated carbocycles. The molecule has 1 aliphatic heterocycles. The van der Waals surface area contributed by atoms with Gasteiger partial charge in [-0.1, -0.05) is 0 Å². The molecule has 1 N–H and O–H groups in total. The van der Waals surface area contributed by atoms with Gasteiger partial charge in [-0.2, -0.15) is 4.31 Å². The summed E-state index contributed by atoms with van der Waals surface area (Å²) in [5.74, 6) is -3.85. The van der Waals surface area contributed by atoms with Crippen LogP contribution >= 0.6 is 0 Å². The van der Waals surface area contributed by atoms with Crippen molar-refractivity contribution in [3.63, 3.8) is 0 Å². The van der Waals surface area contributed by atoms with Crippen LogP contribution in [0.1, 0.15) is 12.8 Å². The zero-order valence-corrected chi connectivity index (χ0v) is 11.2. The van der Waals surface area contributed by atoms with Gasteiger partial charge in [0.25, 0.3) is 0 Å². The molecule has 1 heterocycles. The molecule has 0 spiro atoms. The molecular formula is C12H13F2NO4S. The summed E-state index contributed by atoms with van der Waals surface area (Å²) in [6.07, 6.45) is 0.785. The van der Waals surface area contributed by atoms with E-state index >= 15 is 0 Å².